The number of hydrogen-bond acceptors (Lipinski definition) is 7. The average Bonchev–Trinajstić information content (AvgIpc) is 3.11. The molecule has 8 nitrogen and oxygen atoms in total. The number of nitrogens with zero attached hydrogens (tertiary/aromatic N) is 3. The highest BCUT2D eigenvalue weighted by atomic mass is 32.1. The van der Waals surface area contributed by atoms with Crippen LogP contribution in [0.2, 0.25) is 0 Å². The molecular weight excluding hydrogens is 342 g/mol. The standard InChI is InChI=1S/C16H19N5O3S/c22-9-11-4-1-2-6-12(11)18-14(23)15(24)20-16-19-13(21-25-16)10-5-3-7-17-8-10/h3,5,7-8,11-12,22H,1-2,4,6,9H2,(H,18,23)(H,19,20,21,24)/t11-,12-/m0/s1. The molecule has 2 heterocycles. The van der Waals surface area contributed by atoms with E-state index in [2.05, 4.69) is 25.0 Å². The van der Waals surface area contributed by atoms with Crippen molar-refractivity contribution in [2.24, 2.45) is 5.92 Å². The van der Waals surface area contributed by atoms with Gasteiger partial charge in [-0.3, -0.25) is 19.9 Å². The first-order valence-corrected chi connectivity index (χ1v) is 8.91. The number of hydrogen-bond donors (Lipinski definition) is 3. The van der Waals surface area contributed by atoms with E-state index in [-0.39, 0.29) is 23.7 Å². The van der Waals surface area contributed by atoms with Crippen molar-refractivity contribution in [2.45, 2.75) is 31.7 Å². The van der Waals surface area contributed by atoms with Crippen LogP contribution in [0.25, 0.3) is 11.4 Å². The molecule has 2 aromatic heterocycles. The van der Waals surface area contributed by atoms with Crippen molar-refractivity contribution < 1.29 is 14.7 Å². The normalized spacial score (nSPS) is 20.0. The SMILES string of the molecule is O=C(Nc1nc(-c2cccnc2)ns1)C(=O)N[C@H]1CCCC[C@H]1CO. The summed E-state index contributed by atoms with van der Waals surface area (Å²) < 4.78 is 4.15. The molecule has 2 amide bonds. The summed E-state index contributed by atoms with van der Waals surface area (Å²) in [5, 5.41) is 14.8. The Labute approximate surface area is 148 Å². The molecule has 2 atom stereocenters. The second-order valence-corrected chi connectivity index (χ2v) is 6.68. The minimum Gasteiger partial charge on any atom is -0.396 e. The van der Waals surface area contributed by atoms with Gasteiger partial charge in [-0.05, 0) is 25.0 Å². The first kappa shape index (κ1) is 17.4. The molecule has 0 bridgehead atoms. The summed E-state index contributed by atoms with van der Waals surface area (Å²) in [6.07, 6.45) is 6.91. The van der Waals surface area contributed by atoms with E-state index in [4.69, 9.17) is 0 Å². The number of nitrogens with one attached hydrogen (secondary N) is 2. The van der Waals surface area contributed by atoms with Crippen LogP contribution < -0.4 is 10.6 Å². The molecule has 0 aromatic carbocycles. The predicted octanol–water partition coefficient (Wildman–Crippen LogP) is 1.21. The van der Waals surface area contributed by atoms with Crippen molar-refractivity contribution in [1.29, 1.82) is 0 Å². The molecule has 25 heavy (non-hydrogen) atoms. The van der Waals surface area contributed by atoms with Gasteiger partial charge in [0.2, 0.25) is 5.13 Å². The van der Waals surface area contributed by atoms with Gasteiger partial charge >= 0.3 is 11.8 Å². The maximum atomic E-state index is 12.1. The van der Waals surface area contributed by atoms with E-state index in [1.165, 1.54) is 0 Å². The smallest absolute Gasteiger partial charge is 0.315 e. The number of carbonyl (C=O) groups excluding carboxylic acids is 2. The van der Waals surface area contributed by atoms with Gasteiger partial charge in [0.05, 0.1) is 0 Å². The highest BCUT2D eigenvalue weighted by Gasteiger charge is 2.28. The van der Waals surface area contributed by atoms with Crippen LogP contribution in [0.4, 0.5) is 5.13 Å². The molecule has 1 fully saturated rings. The lowest BCUT2D eigenvalue weighted by atomic mass is 9.85. The summed E-state index contributed by atoms with van der Waals surface area (Å²) in [6.45, 7) is 0.0113. The molecule has 1 aliphatic carbocycles. The number of pyridine rings is 1. The van der Waals surface area contributed by atoms with Crippen LogP contribution in [0.15, 0.2) is 24.5 Å². The quantitative estimate of drug-likeness (QED) is 0.705. The molecular formula is C16H19N5O3S. The third kappa shape index (κ3) is 4.37. The van der Waals surface area contributed by atoms with Gasteiger partial charge < -0.3 is 10.4 Å². The molecule has 3 rings (SSSR count). The van der Waals surface area contributed by atoms with Gasteiger partial charge in [0.15, 0.2) is 5.82 Å². The summed E-state index contributed by atoms with van der Waals surface area (Å²) in [4.78, 5) is 32.4. The zero-order valence-electron chi connectivity index (χ0n) is 13.5. The van der Waals surface area contributed by atoms with E-state index in [9.17, 15) is 14.7 Å². The largest absolute Gasteiger partial charge is 0.396 e. The maximum Gasteiger partial charge on any atom is 0.315 e. The van der Waals surface area contributed by atoms with E-state index in [1.807, 2.05) is 6.07 Å². The van der Waals surface area contributed by atoms with Gasteiger partial charge in [-0.25, -0.2) is 0 Å². The zero-order valence-corrected chi connectivity index (χ0v) is 14.3. The van der Waals surface area contributed by atoms with Crippen molar-refractivity contribution in [1.82, 2.24) is 19.7 Å². The van der Waals surface area contributed by atoms with Crippen LogP contribution in [-0.2, 0) is 9.59 Å². The van der Waals surface area contributed by atoms with Crippen LogP contribution in [0.1, 0.15) is 25.7 Å². The monoisotopic (exact) mass is 361 g/mol. The Morgan fingerprint density at radius 1 is 1.28 bits per heavy atom. The van der Waals surface area contributed by atoms with E-state index < -0.39 is 11.8 Å². The lowest BCUT2D eigenvalue weighted by Gasteiger charge is -2.30. The maximum absolute atomic E-state index is 12.1. The third-order valence-electron chi connectivity index (χ3n) is 4.23. The predicted molar refractivity (Wildman–Crippen MR) is 92.7 cm³/mol. The molecule has 1 saturated carbocycles. The number of rotatable bonds is 4. The van der Waals surface area contributed by atoms with Gasteiger partial charge in [0.1, 0.15) is 0 Å². The minimum atomic E-state index is -0.781. The van der Waals surface area contributed by atoms with E-state index in [0.717, 1.165) is 42.8 Å². The Morgan fingerprint density at radius 2 is 2.12 bits per heavy atom. The molecule has 0 aliphatic heterocycles. The van der Waals surface area contributed by atoms with E-state index >= 15 is 0 Å². The molecule has 3 N–H and O–H groups in total. The van der Waals surface area contributed by atoms with Gasteiger partial charge in [0, 0.05) is 48.1 Å². The molecule has 0 saturated heterocycles. The number of anilines is 1. The Balaban J connectivity index is 1.58. The second-order valence-electron chi connectivity index (χ2n) is 5.93. The molecule has 0 radical (unpaired) electrons. The lowest BCUT2D eigenvalue weighted by Crippen LogP contribution is -2.47. The van der Waals surface area contributed by atoms with Crippen molar-refractivity contribution in [3.05, 3.63) is 24.5 Å². The summed E-state index contributed by atoms with van der Waals surface area (Å²) in [7, 11) is 0. The fraction of sp³-hybridized carbons (Fsp3) is 0.438. The Morgan fingerprint density at radius 3 is 2.88 bits per heavy atom. The molecule has 1 aliphatic rings. The number of aliphatic hydroxyl groups is 1. The van der Waals surface area contributed by atoms with Crippen LogP contribution in [0.5, 0.6) is 0 Å². The Bertz CT molecular complexity index is 736. The number of amides is 2. The van der Waals surface area contributed by atoms with Crippen LogP contribution in [0.3, 0.4) is 0 Å². The Kier molecular flexibility index (Phi) is 5.67. The zero-order chi connectivity index (χ0) is 17.6. The molecule has 9 heteroatoms. The van der Waals surface area contributed by atoms with Crippen LogP contribution in [-0.4, -0.2) is 43.9 Å². The summed E-state index contributed by atoms with van der Waals surface area (Å²) in [6, 6.07) is 3.41. The van der Waals surface area contributed by atoms with Crippen LogP contribution in [0, 0.1) is 5.92 Å². The first-order chi connectivity index (χ1) is 12.2. The molecule has 132 valence electrons. The molecule has 0 unspecified atom stereocenters. The van der Waals surface area contributed by atoms with Crippen LogP contribution >= 0.6 is 11.5 Å². The summed E-state index contributed by atoms with van der Waals surface area (Å²) in [5.74, 6) is -1.05. The highest BCUT2D eigenvalue weighted by molar-refractivity contribution is 7.10. The van der Waals surface area contributed by atoms with Gasteiger partial charge in [-0.15, -0.1) is 0 Å². The topological polar surface area (TPSA) is 117 Å². The van der Waals surface area contributed by atoms with Gasteiger partial charge in [-0.2, -0.15) is 9.36 Å². The average molecular weight is 361 g/mol. The van der Waals surface area contributed by atoms with Gasteiger partial charge in [0.25, 0.3) is 0 Å². The van der Waals surface area contributed by atoms with Crippen molar-refractivity contribution >= 4 is 28.5 Å². The van der Waals surface area contributed by atoms with Crippen molar-refractivity contribution in [2.75, 3.05) is 11.9 Å². The number of aromatic nitrogens is 3. The highest BCUT2D eigenvalue weighted by Crippen LogP contribution is 2.24. The third-order valence-corrected chi connectivity index (χ3v) is 4.86. The number of aliphatic hydroxyl groups excluding tert-OH is 1. The van der Waals surface area contributed by atoms with E-state index in [0.29, 0.717) is 5.82 Å². The Hall–Kier alpha value is -2.39. The van der Waals surface area contributed by atoms with Gasteiger partial charge in [-0.1, -0.05) is 12.8 Å². The summed E-state index contributed by atoms with van der Waals surface area (Å²) >= 11 is 1.00. The molecule has 0 spiro atoms. The van der Waals surface area contributed by atoms with Crippen molar-refractivity contribution in [3.63, 3.8) is 0 Å². The fourth-order valence-corrected chi connectivity index (χ4v) is 3.48. The van der Waals surface area contributed by atoms with E-state index in [1.54, 1.807) is 18.5 Å². The fourth-order valence-electron chi connectivity index (χ4n) is 2.89. The first-order valence-electron chi connectivity index (χ1n) is 8.14. The number of carbonyl (C=O) groups is 2. The van der Waals surface area contributed by atoms with Crippen molar-refractivity contribution in [3.8, 4) is 11.4 Å². The summed E-state index contributed by atoms with van der Waals surface area (Å²) in [5.41, 5.74) is 0.733. The lowest BCUT2D eigenvalue weighted by molar-refractivity contribution is -0.137. The second kappa shape index (κ2) is 8.13. The minimum absolute atomic E-state index is 0.00390. The molecule has 2 aromatic rings.